The van der Waals surface area contributed by atoms with Crippen LogP contribution in [-0.4, -0.2) is 28.0 Å². The summed E-state index contributed by atoms with van der Waals surface area (Å²) >= 11 is 0. The van der Waals surface area contributed by atoms with Gasteiger partial charge in [0.25, 0.3) is 0 Å². The van der Waals surface area contributed by atoms with Crippen molar-refractivity contribution in [3.63, 3.8) is 0 Å². The second kappa shape index (κ2) is 10.2. The van der Waals surface area contributed by atoms with Crippen LogP contribution in [0, 0.1) is 6.92 Å². The quantitative estimate of drug-likeness (QED) is 0.360. The first kappa shape index (κ1) is 21.8. The molecule has 0 saturated heterocycles. The summed E-state index contributed by atoms with van der Waals surface area (Å²) in [5.41, 5.74) is 3.58. The monoisotopic (exact) mass is 440 g/mol. The van der Waals surface area contributed by atoms with Crippen LogP contribution in [0.1, 0.15) is 11.1 Å². The van der Waals surface area contributed by atoms with Gasteiger partial charge in [0.05, 0.1) is 13.5 Å². The first-order valence-electron chi connectivity index (χ1n) is 10.4. The number of carbonyl (C=O) groups excluding carboxylic acids is 1. The van der Waals surface area contributed by atoms with Crippen molar-refractivity contribution < 1.29 is 9.53 Å². The maximum Gasteiger partial charge on any atom is 0.228 e. The van der Waals surface area contributed by atoms with Crippen LogP contribution in [-0.2, 0) is 11.2 Å². The van der Waals surface area contributed by atoms with E-state index >= 15 is 0 Å². The third-order valence-electron chi connectivity index (χ3n) is 4.80. The van der Waals surface area contributed by atoms with E-state index in [0.29, 0.717) is 11.6 Å². The molecule has 33 heavy (non-hydrogen) atoms. The number of anilines is 5. The van der Waals surface area contributed by atoms with Gasteiger partial charge in [0, 0.05) is 23.6 Å². The summed E-state index contributed by atoms with van der Waals surface area (Å²) in [6.45, 7) is 2.00. The zero-order chi connectivity index (χ0) is 23.0. The largest absolute Gasteiger partial charge is 0.497 e. The SMILES string of the molecule is COc1ccc(CC(=O)Nc2ccc(Nc3cc(Nc4cc(C)ccn4)ncn3)cc2)cc1. The molecule has 2 aromatic heterocycles. The molecule has 0 fully saturated rings. The van der Waals surface area contributed by atoms with Gasteiger partial charge in [0.1, 0.15) is 29.5 Å². The zero-order valence-electron chi connectivity index (χ0n) is 18.4. The molecule has 2 heterocycles. The highest BCUT2D eigenvalue weighted by atomic mass is 16.5. The van der Waals surface area contributed by atoms with Crippen molar-refractivity contribution in [1.82, 2.24) is 15.0 Å². The highest BCUT2D eigenvalue weighted by Crippen LogP contribution is 2.21. The Morgan fingerprint density at radius 3 is 2.18 bits per heavy atom. The number of pyridine rings is 1. The van der Waals surface area contributed by atoms with Crippen LogP contribution >= 0.6 is 0 Å². The third-order valence-corrected chi connectivity index (χ3v) is 4.80. The van der Waals surface area contributed by atoms with Gasteiger partial charge in [-0.25, -0.2) is 15.0 Å². The highest BCUT2D eigenvalue weighted by molar-refractivity contribution is 5.92. The molecule has 166 valence electrons. The van der Waals surface area contributed by atoms with E-state index in [1.54, 1.807) is 19.4 Å². The Morgan fingerprint density at radius 1 is 0.818 bits per heavy atom. The van der Waals surface area contributed by atoms with Gasteiger partial charge in [0.15, 0.2) is 0 Å². The maximum atomic E-state index is 12.3. The highest BCUT2D eigenvalue weighted by Gasteiger charge is 2.06. The molecule has 0 spiro atoms. The van der Waals surface area contributed by atoms with Crippen molar-refractivity contribution >= 4 is 34.7 Å². The number of aryl methyl sites for hydroxylation is 1. The topological polar surface area (TPSA) is 101 Å². The lowest BCUT2D eigenvalue weighted by Crippen LogP contribution is -2.14. The summed E-state index contributed by atoms with van der Waals surface area (Å²) in [5, 5.41) is 9.32. The second-order valence-electron chi connectivity index (χ2n) is 7.41. The second-order valence-corrected chi connectivity index (χ2v) is 7.41. The lowest BCUT2D eigenvalue weighted by atomic mass is 10.1. The molecule has 8 heteroatoms. The molecule has 0 aliphatic rings. The van der Waals surface area contributed by atoms with Crippen LogP contribution in [0.2, 0.25) is 0 Å². The van der Waals surface area contributed by atoms with Gasteiger partial charge in [-0.1, -0.05) is 12.1 Å². The Morgan fingerprint density at radius 2 is 1.48 bits per heavy atom. The summed E-state index contributed by atoms with van der Waals surface area (Å²) in [6, 6.07) is 20.5. The minimum atomic E-state index is -0.0860. The summed E-state index contributed by atoms with van der Waals surface area (Å²) in [5.74, 6) is 2.66. The molecule has 0 saturated carbocycles. The number of hydrogen-bond donors (Lipinski definition) is 3. The van der Waals surface area contributed by atoms with Crippen molar-refractivity contribution in [2.24, 2.45) is 0 Å². The first-order valence-corrected chi connectivity index (χ1v) is 10.4. The summed E-state index contributed by atoms with van der Waals surface area (Å²) in [7, 11) is 1.61. The number of nitrogens with one attached hydrogen (secondary N) is 3. The number of benzene rings is 2. The van der Waals surface area contributed by atoms with Gasteiger partial charge in [-0.3, -0.25) is 4.79 Å². The number of amides is 1. The molecule has 4 rings (SSSR count). The molecule has 0 unspecified atom stereocenters. The van der Waals surface area contributed by atoms with Crippen LogP contribution in [0.25, 0.3) is 0 Å². The predicted molar refractivity (Wildman–Crippen MR) is 129 cm³/mol. The van der Waals surface area contributed by atoms with Crippen molar-refractivity contribution in [2.75, 3.05) is 23.1 Å². The number of nitrogens with zero attached hydrogens (tertiary/aromatic N) is 3. The van der Waals surface area contributed by atoms with Crippen LogP contribution in [0.15, 0.2) is 79.3 Å². The molecule has 4 aromatic rings. The minimum Gasteiger partial charge on any atom is -0.497 e. The van der Waals surface area contributed by atoms with Crippen LogP contribution in [0.3, 0.4) is 0 Å². The van der Waals surface area contributed by atoms with Gasteiger partial charge in [-0.05, 0) is 66.6 Å². The van der Waals surface area contributed by atoms with E-state index in [0.717, 1.165) is 34.1 Å². The summed E-state index contributed by atoms with van der Waals surface area (Å²) < 4.78 is 5.14. The molecule has 0 bridgehead atoms. The summed E-state index contributed by atoms with van der Waals surface area (Å²) in [4.78, 5) is 25.1. The number of hydrogen-bond acceptors (Lipinski definition) is 7. The van der Waals surface area contributed by atoms with Crippen molar-refractivity contribution in [1.29, 1.82) is 0 Å². The van der Waals surface area contributed by atoms with E-state index in [-0.39, 0.29) is 12.3 Å². The van der Waals surface area contributed by atoms with Crippen molar-refractivity contribution in [3.05, 3.63) is 90.4 Å². The molecule has 0 atom stereocenters. The number of rotatable bonds is 8. The summed E-state index contributed by atoms with van der Waals surface area (Å²) in [6.07, 6.45) is 3.51. The molecule has 8 nitrogen and oxygen atoms in total. The number of aromatic nitrogens is 3. The van der Waals surface area contributed by atoms with E-state index in [9.17, 15) is 4.79 Å². The van der Waals surface area contributed by atoms with Gasteiger partial charge in [-0.15, -0.1) is 0 Å². The Labute approximate surface area is 192 Å². The first-order chi connectivity index (χ1) is 16.1. The average molecular weight is 441 g/mol. The molecular weight excluding hydrogens is 416 g/mol. The Kier molecular flexibility index (Phi) is 6.75. The van der Waals surface area contributed by atoms with E-state index in [4.69, 9.17) is 4.74 Å². The predicted octanol–water partition coefficient (Wildman–Crippen LogP) is 4.86. The standard InChI is InChI=1S/C25H24N6O2/c1-17-11-12-26-22(13-17)31-24-15-23(27-16-28-24)29-19-5-7-20(8-6-19)30-25(32)14-18-3-9-21(33-2)10-4-18/h3-13,15-16H,14H2,1-2H3,(H,30,32)(H2,26,27,28,29,31). The van der Waals surface area contributed by atoms with E-state index in [1.165, 1.54) is 6.33 Å². The normalized spacial score (nSPS) is 10.4. The molecule has 0 aliphatic carbocycles. The molecule has 0 aliphatic heterocycles. The van der Waals surface area contributed by atoms with Gasteiger partial charge < -0.3 is 20.7 Å². The Hall–Kier alpha value is -4.46. The number of methoxy groups -OCH3 is 1. The van der Waals surface area contributed by atoms with E-state index < -0.39 is 0 Å². The number of ether oxygens (including phenoxy) is 1. The van der Waals surface area contributed by atoms with Gasteiger partial charge in [0.2, 0.25) is 5.91 Å². The van der Waals surface area contributed by atoms with Gasteiger partial charge in [-0.2, -0.15) is 0 Å². The van der Waals surface area contributed by atoms with Crippen LogP contribution in [0.4, 0.5) is 28.8 Å². The molecular formula is C25H24N6O2. The van der Waals surface area contributed by atoms with Gasteiger partial charge >= 0.3 is 0 Å². The third kappa shape index (κ3) is 6.27. The molecule has 0 radical (unpaired) electrons. The molecule has 1 amide bonds. The lowest BCUT2D eigenvalue weighted by molar-refractivity contribution is -0.115. The van der Waals surface area contributed by atoms with E-state index in [1.807, 2.05) is 67.6 Å². The van der Waals surface area contributed by atoms with Crippen LogP contribution < -0.4 is 20.7 Å². The minimum absolute atomic E-state index is 0.0860. The van der Waals surface area contributed by atoms with Crippen molar-refractivity contribution in [2.45, 2.75) is 13.3 Å². The smallest absolute Gasteiger partial charge is 0.228 e. The maximum absolute atomic E-state index is 12.3. The van der Waals surface area contributed by atoms with Crippen LogP contribution in [0.5, 0.6) is 5.75 Å². The average Bonchev–Trinajstić information content (AvgIpc) is 2.81. The Bertz CT molecular complexity index is 1230. The fraction of sp³-hybridized carbons (Fsp3) is 0.120. The van der Waals surface area contributed by atoms with Crippen molar-refractivity contribution in [3.8, 4) is 5.75 Å². The molecule has 3 N–H and O–H groups in total. The number of carbonyl (C=O) groups is 1. The molecule has 2 aromatic carbocycles. The zero-order valence-corrected chi connectivity index (χ0v) is 18.4. The lowest BCUT2D eigenvalue weighted by Gasteiger charge is -2.10. The Balaban J connectivity index is 1.34. The fourth-order valence-electron chi connectivity index (χ4n) is 3.15. The fourth-order valence-corrected chi connectivity index (χ4v) is 3.15. The van der Waals surface area contributed by atoms with E-state index in [2.05, 4.69) is 30.9 Å².